The van der Waals surface area contributed by atoms with Gasteiger partial charge in [-0.05, 0) is 55.2 Å². The molecule has 1 spiro atoms. The minimum absolute atomic E-state index is 0.0506. The van der Waals surface area contributed by atoms with Gasteiger partial charge in [-0.1, -0.05) is 40.7 Å². The molecular weight excluding hydrogens is 512 g/mol. The van der Waals surface area contributed by atoms with E-state index in [2.05, 4.69) is 56.7 Å². The molecule has 3 fully saturated rings. The lowest BCUT2D eigenvalue weighted by Gasteiger charge is -2.59. The van der Waals surface area contributed by atoms with Crippen molar-refractivity contribution in [2.24, 2.45) is 23.2 Å². The molecule has 2 aromatic rings. The number of aliphatic hydroxyl groups is 1. The van der Waals surface area contributed by atoms with Crippen LogP contribution in [0.25, 0.3) is 11.0 Å². The van der Waals surface area contributed by atoms with E-state index in [0.29, 0.717) is 6.42 Å². The summed E-state index contributed by atoms with van der Waals surface area (Å²) >= 11 is 0. The zero-order valence-electron chi connectivity index (χ0n) is 24.4. The summed E-state index contributed by atoms with van der Waals surface area (Å²) in [5.41, 5.74) is 2.90. The van der Waals surface area contributed by atoms with E-state index in [0.717, 1.165) is 36.7 Å². The lowest BCUT2D eigenvalue weighted by atomic mass is 9.67. The third kappa shape index (κ3) is 5.78. The number of H-pyrrole nitrogens is 1. The summed E-state index contributed by atoms with van der Waals surface area (Å²) in [5, 5.41) is 9.74. The van der Waals surface area contributed by atoms with Gasteiger partial charge in [-0.2, -0.15) is 0 Å². The van der Waals surface area contributed by atoms with Crippen molar-refractivity contribution >= 4 is 23.0 Å². The van der Waals surface area contributed by atoms with E-state index in [1.54, 1.807) is 6.33 Å². The maximum atomic E-state index is 13.0. The SMILES string of the molecule is C[C@@H]1[C@@H]([C@@H](C)CCCc2ccc3nc[nH]c3c2)O[C@@]23C[C@@H]1OC(=O)C[C@H](CO)OC(=O)C[C@H](O2)[C@H](C)CC3(C)C. The molecule has 9 heteroatoms. The molecule has 1 aromatic heterocycles. The van der Waals surface area contributed by atoms with Crippen LogP contribution in [0.3, 0.4) is 0 Å². The van der Waals surface area contributed by atoms with Gasteiger partial charge in [0, 0.05) is 17.8 Å². The van der Waals surface area contributed by atoms with Crippen molar-refractivity contribution in [1.29, 1.82) is 0 Å². The van der Waals surface area contributed by atoms with Gasteiger partial charge in [0.05, 0.1) is 49.0 Å². The number of esters is 2. The lowest BCUT2D eigenvalue weighted by Crippen LogP contribution is -2.65. The summed E-state index contributed by atoms with van der Waals surface area (Å²) in [5.74, 6) is -1.73. The molecular formula is C31H44N2O7. The standard InChI is InChI=1S/C31H44N2O7/c1-18(7-6-8-21-9-10-23-24(11-21)33-17-32-23)29-20(3)26-15-31(40-29)30(4,5)14-19(2)25(39-31)13-28(36)37-22(16-34)12-27(35)38-26/h9-11,17-20,22,25-26,29,34H,6-8,12-16H2,1-5H3,(H,32,33)/t18-,19+,20-,22+,25-,26-,29+,31+/m0/s1. The number of hydrogen-bond donors (Lipinski definition) is 2. The zero-order valence-corrected chi connectivity index (χ0v) is 24.4. The Balaban J connectivity index is 1.37. The van der Waals surface area contributed by atoms with Crippen LogP contribution in [0, 0.1) is 23.2 Å². The highest BCUT2D eigenvalue weighted by molar-refractivity contribution is 5.75. The number of nitrogens with one attached hydrogen (secondary N) is 1. The largest absolute Gasteiger partial charge is 0.462 e. The van der Waals surface area contributed by atoms with E-state index in [4.69, 9.17) is 18.9 Å². The fourth-order valence-corrected chi connectivity index (χ4v) is 7.06. The topological polar surface area (TPSA) is 120 Å². The molecule has 5 rings (SSSR count). The van der Waals surface area contributed by atoms with Gasteiger partial charge in [0.25, 0.3) is 0 Å². The third-order valence-electron chi connectivity index (χ3n) is 9.46. The van der Waals surface area contributed by atoms with Gasteiger partial charge in [0.15, 0.2) is 5.79 Å². The molecule has 8 atom stereocenters. The number of aromatic amines is 1. The van der Waals surface area contributed by atoms with Crippen LogP contribution in [-0.4, -0.2) is 63.8 Å². The van der Waals surface area contributed by atoms with Crippen LogP contribution in [-0.2, 0) is 35.0 Å². The maximum absolute atomic E-state index is 13.0. The normalized spacial score (nSPS) is 35.2. The Bertz CT molecular complexity index is 1210. The Morgan fingerprint density at radius 1 is 1.07 bits per heavy atom. The highest BCUT2D eigenvalue weighted by Crippen LogP contribution is 2.55. The highest BCUT2D eigenvalue weighted by atomic mass is 16.7. The molecule has 1 aromatic carbocycles. The number of aromatic nitrogens is 2. The van der Waals surface area contributed by atoms with E-state index >= 15 is 0 Å². The molecule has 0 saturated carbocycles. The van der Waals surface area contributed by atoms with E-state index < -0.39 is 42.6 Å². The number of nitrogens with zero attached hydrogens (tertiary/aromatic N) is 1. The minimum Gasteiger partial charge on any atom is -0.462 e. The number of rotatable bonds is 6. The van der Waals surface area contributed by atoms with Crippen molar-refractivity contribution in [1.82, 2.24) is 9.97 Å². The van der Waals surface area contributed by atoms with Crippen LogP contribution in [0.5, 0.6) is 0 Å². The molecule has 9 nitrogen and oxygen atoms in total. The molecule has 0 unspecified atom stereocenters. The molecule has 0 amide bonds. The first-order valence-electron chi connectivity index (χ1n) is 14.8. The number of aliphatic hydroxyl groups excluding tert-OH is 1. The van der Waals surface area contributed by atoms with Gasteiger partial charge in [-0.25, -0.2) is 4.98 Å². The average Bonchev–Trinajstić information content (AvgIpc) is 3.36. The summed E-state index contributed by atoms with van der Waals surface area (Å²) < 4.78 is 25.3. The summed E-state index contributed by atoms with van der Waals surface area (Å²) in [6.07, 6.45) is 3.72. The van der Waals surface area contributed by atoms with E-state index in [9.17, 15) is 14.7 Å². The predicted octanol–water partition coefficient (Wildman–Crippen LogP) is 4.70. The van der Waals surface area contributed by atoms with Crippen LogP contribution >= 0.6 is 0 Å². The predicted molar refractivity (Wildman–Crippen MR) is 148 cm³/mol. The molecule has 40 heavy (non-hydrogen) atoms. The Labute approximate surface area is 236 Å². The fourth-order valence-electron chi connectivity index (χ4n) is 7.06. The third-order valence-corrected chi connectivity index (χ3v) is 9.46. The Hall–Kier alpha value is -2.49. The second-order valence-electron chi connectivity index (χ2n) is 13.0. The molecule has 2 N–H and O–H groups in total. The number of carbonyl (C=O) groups is 2. The van der Waals surface area contributed by atoms with Gasteiger partial charge in [0.2, 0.25) is 0 Å². The minimum atomic E-state index is -0.998. The van der Waals surface area contributed by atoms with Crippen LogP contribution < -0.4 is 0 Å². The number of benzene rings is 1. The molecule has 3 saturated heterocycles. The van der Waals surface area contributed by atoms with Gasteiger partial charge < -0.3 is 29.0 Å². The van der Waals surface area contributed by atoms with Gasteiger partial charge in [0.1, 0.15) is 12.2 Å². The van der Waals surface area contributed by atoms with Gasteiger partial charge >= 0.3 is 11.9 Å². The number of cyclic esters (lactones) is 1. The van der Waals surface area contributed by atoms with Crippen molar-refractivity contribution in [3.63, 3.8) is 0 Å². The molecule has 3 aliphatic heterocycles. The number of hydrogen-bond acceptors (Lipinski definition) is 8. The van der Waals surface area contributed by atoms with Gasteiger partial charge in [-0.3, -0.25) is 9.59 Å². The van der Waals surface area contributed by atoms with Crippen molar-refractivity contribution in [2.75, 3.05) is 6.61 Å². The Morgan fingerprint density at radius 2 is 1.85 bits per heavy atom. The highest BCUT2D eigenvalue weighted by Gasteiger charge is 2.60. The van der Waals surface area contributed by atoms with Crippen LogP contribution in [0.15, 0.2) is 24.5 Å². The number of aryl methyl sites for hydroxylation is 1. The van der Waals surface area contributed by atoms with Crippen LogP contribution in [0.2, 0.25) is 0 Å². The Morgan fingerprint density at radius 3 is 2.62 bits per heavy atom. The molecule has 220 valence electrons. The van der Waals surface area contributed by atoms with Crippen LogP contribution in [0.4, 0.5) is 0 Å². The maximum Gasteiger partial charge on any atom is 0.309 e. The first kappa shape index (κ1) is 29.0. The molecule has 3 aliphatic rings. The fraction of sp³-hybridized carbons (Fsp3) is 0.710. The second kappa shape index (κ2) is 11.4. The van der Waals surface area contributed by atoms with Crippen molar-refractivity contribution in [2.45, 2.75) is 110 Å². The molecule has 0 radical (unpaired) electrons. The zero-order chi connectivity index (χ0) is 28.7. The summed E-state index contributed by atoms with van der Waals surface area (Å²) in [7, 11) is 0. The number of imidazole rings is 1. The van der Waals surface area contributed by atoms with Crippen LogP contribution in [0.1, 0.15) is 78.7 Å². The first-order valence-corrected chi connectivity index (χ1v) is 14.8. The van der Waals surface area contributed by atoms with E-state index in [1.807, 2.05) is 6.07 Å². The number of carbonyl (C=O) groups excluding carboxylic acids is 2. The van der Waals surface area contributed by atoms with E-state index in [1.165, 1.54) is 5.56 Å². The quantitative estimate of drug-likeness (QED) is 0.491. The second-order valence-corrected chi connectivity index (χ2v) is 13.0. The van der Waals surface area contributed by atoms with Crippen molar-refractivity contribution in [3.05, 3.63) is 30.1 Å². The number of fused-ring (bicyclic) bond motifs is 3. The monoisotopic (exact) mass is 556 g/mol. The average molecular weight is 557 g/mol. The first-order chi connectivity index (χ1) is 19.0. The summed E-state index contributed by atoms with van der Waals surface area (Å²) in [6, 6.07) is 6.34. The van der Waals surface area contributed by atoms with Crippen molar-refractivity contribution in [3.8, 4) is 0 Å². The summed E-state index contributed by atoms with van der Waals surface area (Å²) in [4.78, 5) is 33.2. The molecule has 4 heterocycles. The number of ether oxygens (including phenoxy) is 4. The van der Waals surface area contributed by atoms with Gasteiger partial charge in [-0.15, -0.1) is 0 Å². The Kier molecular flexibility index (Phi) is 8.28. The lowest BCUT2D eigenvalue weighted by molar-refractivity contribution is -0.393. The van der Waals surface area contributed by atoms with Crippen molar-refractivity contribution < 1.29 is 33.6 Å². The molecule has 3 bridgehead atoms. The smallest absolute Gasteiger partial charge is 0.309 e. The molecule has 0 aliphatic carbocycles. The summed E-state index contributed by atoms with van der Waals surface area (Å²) in [6.45, 7) is 10.2. The van der Waals surface area contributed by atoms with E-state index in [-0.39, 0.29) is 42.1 Å².